The van der Waals surface area contributed by atoms with Crippen molar-refractivity contribution < 1.29 is 9.66 Å². The first-order valence-corrected chi connectivity index (χ1v) is 9.66. The molecule has 2 aromatic rings. The Morgan fingerprint density at radius 2 is 2.11 bits per heavy atom. The zero-order chi connectivity index (χ0) is 19.9. The number of benzene rings is 2. The van der Waals surface area contributed by atoms with Crippen molar-refractivity contribution in [3.63, 3.8) is 0 Å². The molecule has 0 radical (unpaired) electrons. The van der Waals surface area contributed by atoms with Gasteiger partial charge in [0.25, 0.3) is 5.69 Å². The summed E-state index contributed by atoms with van der Waals surface area (Å²) < 4.78 is 5.81. The zero-order valence-electron chi connectivity index (χ0n) is 15.1. The number of thiocarbonyl (C=S) groups is 1. The molecule has 0 amide bonds. The molecule has 0 bridgehead atoms. The molecular weight excluding hydrogens is 400 g/mol. The molecule has 1 heterocycles. The second-order valence-electron chi connectivity index (χ2n) is 6.47. The van der Waals surface area contributed by atoms with E-state index in [0.29, 0.717) is 29.0 Å². The van der Waals surface area contributed by atoms with E-state index in [0.717, 1.165) is 19.6 Å². The van der Waals surface area contributed by atoms with Gasteiger partial charge in [0.15, 0.2) is 5.11 Å². The largest absolute Gasteiger partial charge is 0.374 e. The van der Waals surface area contributed by atoms with Gasteiger partial charge in [0.1, 0.15) is 0 Å². The van der Waals surface area contributed by atoms with Gasteiger partial charge in [0.2, 0.25) is 0 Å². The van der Waals surface area contributed by atoms with Gasteiger partial charge in [0, 0.05) is 38.3 Å². The summed E-state index contributed by atoms with van der Waals surface area (Å²) in [6.45, 7) is 3.76. The number of ether oxygens (including phenoxy) is 1. The highest BCUT2D eigenvalue weighted by Gasteiger charge is 2.21. The normalized spacial score (nSPS) is 17.1. The fourth-order valence-corrected chi connectivity index (χ4v) is 3.34. The van der Waals surface area contributed by atoms with Crippen LogP contribution in [0.15, 0.2) is 48.5 Å². The summed E-state index contributed by atoms with van der Waals surface area (Å²) in [4.78, 5) is 12.8. The summed E-state index contributed by atoms with van der Waals surface area (Å²) in [7, 11) is 0. The van der Waals surface area contributed by atoms with Gasteiger partial charge in [-0.2, -0.15) is 0 Å². The molecule has 1 aliphatic heterocycles. The molecule has 3 rings (SSSR count). The molecule has 28 heavy (non-hydrogen) atoms. The lowest BCUT2D eigenvalue weighted by Crippen LogP contribution is -2.47. The molecule has 1 saturated heterocycles. The van der Waals surface area contributed by atoms with E-state index in [4.69, 9.17) is 28.6 Å². The molecule has 1 atom stereocenters. The van der Waals surface area contributed by atoms with Crippen molar-refractivity contribution in [3.8, 4) is 0 Å². The monoisotopic (exact) mass is 420 g/mol. The van der Waals surface area contributed by atoms with Crippen LogP contribution in [0.1, 0.15) is 5.56 Å². The maximum Gasteiger partial charge on any atom is 0.271 e. The van der Waals surface area contributed by atoms with Gasteiger partial charge >= 0.3 is 0 Å². The van der Waals surface area contributed by atoms with Crippen LogP contribution in [0.4, 0.5) is 11.4 Å². The lowest BCUT2D eigenvalue weighted by molar-refractivity contribution is -0.384. The number of hydrogen-bond donors (Lipinski definition) is 2. The first kappa shape index (κ1) is 20.5. The van der Waals surface area contributed by atoms with Crippen LogP contribution < -0.4 is 10.6 Å². The van der Waals surface area contributed by atoms with Crippen LogP contribution in [-0.2, 0) is 11.3 Å². The third kappa shape index (κ3) is 5.87. The van der Waals surface area contributed by atoms with Crippen LogP contribution in [0.5, 0.6) is 0 Å². The highest BCUT2D eigenvalue weighted by molar-refractivity contribution is 7.80. The van der Waals surface area contributed by atoms with Gasteiger partial charge in [0.05, 0.1) is 28.3 Å². The molecule has 2 aromatic carbocycles. The van der Waals surface area contributed by atoms with Crippen molar-refractivity contribution in [2.75, 3.05) is 31.6 Å². The number of rotatable bonds is 6. The van der Waals surface area contributed by atoms with E-state index in [2.05, 4.69) is 27.7 Å². The van der Waals surface area contributed by atoms with Crippen LogP contribution in [-0.4, -0.2) is 47.3 Å². The predicted octanol–water partition coefficient (Wildman–Crippen LogP) is 3.44. The average Bonchev–Trinajstić information content (AvgIpc) is 2.69. The summed E-state index contributed by atoms with van der Waals surface area (Å²) in [5, 5.41) is 17.6. The smallest absolute Gasteiger partial charge is 0.271 e. The number of hydrogen-bond acceptors (Lipinski definition) is 5. The number of non-ortho nitro benzene ring substituents is 1. The van der Waals surface area contributed by atoms with E-state index >= 15 is 0 Å². The van der Waals surface area contributed by atoms with Crippen molar-refractivity contribution in [1.82, 2.24) is 10.2 Å². The van der Waals surface area contributed by atoms with E-state index in [9.17, 15) is 10.1 Å². The summed E-state index contributed by atoms with van der Waals surface area (Å²) in [5.74, 6) is 0. The van der Waals surface area contributed by atoms with E-state index in [1.54, 1.807) is 0 Å². The molecule has 1 fully saturated rings. The Morgan fingerprint density at radius 1 is 1.32 bits per heavy atom. The molecule has 148 valence electrons. The predicted molar refractivity (Wildman–Crippen MR) is 114 cm³/mol. The standard InChI is InChI=1S/C19H21ClN4O3S/c20-17-7-6-15(24(25)26)10-18(17)22-19(28)21-11-16-13-23(8-9-27-16)12-14-4-2-1-3-5-14/h1-7,10,16H,8-9,11-13H2,(H2,21,22,28)/t16-/m0/s1. The summed E-state index contributed by atoms with van der Waals surface area (Å²) in [5.41, 5.74) is 1.61. The van der Waals surface area contributed by atoms with Crippen molar-refractivity contribution >= 4 is 40.3 Å². The fourth-order valence-electron chi connectivity index (χ4n) is 2.98. The van der Waals surface area contributed by atoms with Crippen LogP contribution in [0.25, 0.3) is 0 Å². The molecule has 0 aliphatic carbocycles. The number of morpholine rings is 1. The third-order valence-electron chi connectivity index (χ3n) is 4.37. The highest BCUT2D eigenvalue weighted by atomic mass is 35.5. The molecule has 0 saturated carbocycles. The summed E-state index contributed by atoms with van der Waals surface area (Å²) >= 11 is 11.4. The SMILES string of the molecule is O=[N+]([O-])c1ccc(Cl)c(NC(=S)NC[C@H]2CN(Cc3ccccc3)CCO2)c1. The number of anilines is 1. The van der Waals surface area contributed by atoms with E-state index in [-0.39, 0.29) is 11.8 Å². The van der Waals surface area contributed by atoms with Crippen molar-refractivity contribution in [1.29, 1.82) is 0 Å². The maximum absolute atomic E-state index is 10.9. The van der Waals surface area contributed by atoms with Crippen LogP contribution >= 0.6 is 23.8 Å². The van der Waals surface area contributed by atoms with Crippen LogP contribution in [0.2, 0.25) is 5.02 Å². The summed E-state index contributed by atoms with van der Waals surface area (Å²) in [6, 6.07) is 14.5. The van der Waals surface area contributed by atoms with Crippen molar-refractivity contribution in [2.45, 2.75) is 12.6 Å². The number of nitrogens with one attached hydrogen (secondary N) is 2. The topological polar surface area (TPSA) is 79.7 Å². The number of nitrogens with zero attached hydrogens (tertiary/aromatic N) is 2. The minimum absolute atomic E-state index is 0.00204. The maximum atomic E-state index is 10.9. The van der Waals surface area contributed by atoms with Crippen LogP contribution in [0, 0.1) is 10.1 Å². The lowest BCUT2D eigenvalue weighted by Gasteiger charge is -2.33. The second kappa shape index (κ2) is 9.79. The Kier molecular flexibility index (Phi) is 7.16. The average molecular weight is 421 g/mol. The van der Waals surface area contributed by atoms with Crippen molar-refractivity contribution in [3.05, 3.63) is 69.2 Å². The quantitative estimate of drug-likeness (QED) is 0.421. The fraction of sp³-hybridized carbons (Fsp3) is 0.316. The first-order valence-electron chi connectivity index (χ1n) is 8.88. The van der Waals surface area contributed by atoms with Crippen LogP contribution in [0.3, 0.4) is 0 Å². The van der Waals surface area contributed by atoms with Gasteiger partial charge in [-0.15, -0.1) is 0 Å². The van der Waals surface area contributed by atoms with Gasteiger partial charge in [-0.1, -0.05) is 41.9 Å². The molecular formula is C19H21ClN4O3S. The second-order valence-corrected chi connectivity index (χ2v) is 7.29. The van der Waals surface area contributed by atoms with Gasteiger partial charge in [-0.25, -0.2) is 0 Å². The van der Waals surface area contributed by atoms with Crippen molar-refractivity contribution in [2.24, 2.45) is 0 Å². The minimum Gasteiger partial charge on any atom is -0.374 e. The van der Waals surface area contributed by atoms with Gasteiger partial charge in [-0.3, -0.25) is 15.0 Å². The van der Waals surface area contributed by atoms with Gasteiger partial charge in [-0.05, 0) is 23.8 Å². The molecule has 1 aliphatic rings. The number of halogens is 1. The Bertz CT molecular complexity index is 837. The number of nitro groups is 1. The Balaban J connectivity index is 1.49. The van der Waals surface area contributed by atoms with E-state index < -0.39 is 4.92 Å². The third-order valence-corrected chi connectivity index (χ3v) is 4.95. The molecule has 7 nitrogen and oxygen atoms in total. The Hall–Kier alpha value is -2.26. The Labute approximate surface area is 173 Å². The molecule has 0 unspecified atom stereocenters. The molecule has 2 N–H and O–H groups in total. The molecule has 9 heteroatoms. The first-order chi connectivity index (χ1) is 13.5. The zero-order valence-corrected chi connectivity index (χ0v) is 16.7. The van der Waals surface area contributed by atoms with E-state index in [1.165, 1.54) is 23.8 Å². The minimum atomic E-state index is -0.477. The molecule has 0 spiro atoms. The number of nitro benzene ring substituents is 1. The Morgan fingerprint density at radius 3 is 2.86 bits per heavy atom. The van der Waals surface area contributed by atoms with E-state index in [1.807, 2.05) is 18.2 Å². The molecule has 0 aromatic heterocycles. The highest BCUT2D eigenvalue weighted by Crippen LogP contribution is 2.26. The van der Waals surface area contributed by atoms with Gasteiger partial charge < -0.3 is 15.4 Å². The summed E-state index contributed by atoms with van der Waals surface area (Å²) in [6.07, 6.45) is -0.00204. The lowest BCUT2D eigenvalue weighted by atomic mass is 10.2.